The number of ether oxygens (including phenoxy) is 1. The van der Waals surface area contributed by atoms with Gasteiger partial charge in [0.1, 0.15) is 0 Å². The van der Waals surface area contributed by atoms with Gasteiger partial charge in [-0.3, -0.25) is 0 Å². The number of nitrogens with zero attached hydrogens (tertiary/aromatic N) is 4. The molecule has 0 atom stereocenters. The van der Waals surface area contributed by atoms with Gasteiger partial charge in [0.05, 0.1) is 13.3 Å². The maximum atomic E-state index is 10.2. The summed E-state index contributed by atoms with van der Waals surface area (Å²) in [6.45, 7) is 4.06. The second-order valence-corrected chi connectivity index (χ2v) is 6.49. The Morgan fingerprint density at radius 3 is 2.73 bits per heavy atom. The summed E-state index contributed by atoms with van der Waals surface area (Å²) in [6, 6.07) is 3.46. The van der Waals surface area contributed by atoms with Gasteiger partial charge in [-0.25, -0.2) is 0 Å². The number of aromatic nitrogens is 3. The normalized spacial score (nSPS) is 11.5. The van der Waals surface area contributed by atoms with Crippen LogP contribution < -0.4 is 4.74 Å². The molecular weight excluding hydrogens is 368 g/mol. The van der Waals surface area contributed by atoms with Crippen LogP contribution in [0.5, 0.6) is 11.5 Å². The Kier molecular flexibility index (Phi) is 5.47. The number of phenolic OH excluding ortho intramolecular Hbond substituents is 1. The second kappa shape index (κ2) is 7.15. The zero-order chi connectivity index (χ0) is 16.3. The minimum absolute atomic E-state index is 0.0410. The van der Waals surface area contributed by atoms with Crippen molar-refractivity contribution in [3.63, 3.8) is 0 Å². The molecule has 2 aromatic rings. The van der Waals surface area contributed by atoms with E-state index in [0.29, 0.717) is 16.5 Å². The molecule has 1 heterocycles. The van der Waals surface area contributed by atoms with Gasteiger partial charge in [-0.1, -0.05) is 41.5 Å². The summed E-state index contributed by atoms with van der Waals surface area (Å²) in [4.78, 5) is 0. The van der Waals surface area contributed by atoms with E-state index in [0.717, 1.165) is 10.3 Å². The Morgan fingerprint density at radius 1 is 1.41 bits per heavy atom. The fourth-order valence-corrected chi connectivity index (χ4v) is 2.73. The van der Waals surface area contributed by atoms with E-state index in [-0.39, 0.29) is 11.7 Å². The molecule has 8 heteroatoms. The molecule has 6 nitrogen and oxygen atoms in total. The number of hydrogen-bond donors (Lipinski definition) is 1. The van der Waals surface area contributed by atoms with E-state index >= 15 is 0 Å². The third-order valence-electron chi connectivity index (χ3n) is 2.94. The number of phenols is 1. The summed E-state index contributed by atoms with van der Waals surface area (Å²) < 4.78 is 7.61. The van der Waals surface area contributed by atoms with Gasteiger partial charge in [-0.2, -0.15) is 9.78 Å². The molecule has 0 bridgehead atoms. The maximum Gasteiger partial charge on any atom is 0.211 e. The lowest BCUT2D eigenvalue weighted by atomic mass is 10.2. The van der Waals surface area contributed by atoms with E-state index in [4.69, 9.17) is 4.74 Å². The van der Waals surface area contributed by atoms with Crippen LogP contribution in [0.15, 0.2) is 26.9 Å². The van der Waals surface area contributed by atoms with Gasteiger partial charge >= 0.3 is 0 Å². The zero-order valence-corrected chi connectivity index (χ0v) is 15.1. The molecule has 0 fully saturated rings. The van der Waals surface area contributed by atoms with Crippen molar-refractivity contribution in [1.82, 2.24) is 14.9 Å². The van der Waals surface area contributed by atoms with E-state index in [1.807, 2.05) is 20.1 Å². The highest BCUT2D eigenvalue weighted by atomic mass is 79.9. The summed E-state index contributed by atoms with van der Waals surface area (Å²) in [5.41, 5.74) is 0.543. The lowest BCUT2D eigenvalue weighted by Crippen LogP contribution is -2.02. The molecule has 118 valence electrons. The van der Waals surface area contributed by atoms with Crippen LogP contribution in [0, 0.1) is 0 Å². The smallest absolute Gasteiger partial charge is 0.211 e. The largest absolute Gasteiger partial charge is 0.504 e. The monoisotopic (exact) mass is 384 g/mol. The van der Waals surface area contributed by atoms with Gasteiger partial charge in [0.15, 0.2) is 17.3 Å². The molecule has 0 unspecified atom stereocenters. The van der Waals surface area contributed by atoms with E-state index in [1.54, 1.807) is 23.0 Å². The highest BCUT2D eigenvalue weighted by molar-refractivity contribution is 9.10. The van der Waals surface area contributed by atoms with E-state index in [1.165, 1.54) is 18.9 Å². The van der Waals surface area contributed by atoms with Crippen LogP contribution in [-0.2, 0) is 0 Å². The molecule has 0 aliphatic heterocycles. The molecular formula is C14H17BrN4O2S. The Bertz CT molecular complexity index is 700. The van der Waals surface area contributed by atoms with Crippen LogP contribution in [-0.4, -0.2) is 39.6 Å². The Morgan fingerprint density at radius 2 is 2.14 bits per heavy atom. The molecule has 0 aliphatic rings. The van der Waals surface area contributed by atoms with Crippen LogP contribution in [0.4, 0.5) is 0 Å². The molecule has 0 saturated heterocycles. The highest BCUT2D eigenvalue weighted by Gasteiger charge is 2.14. The number of hydrogen-bond acceptors (Lipinski definition) is 6. The summed E-state index contributed by atoms with van der Waals surface area (Å²) in [7, 11) is 1.50. The predicted octanol–water partition coefficient (Wildman–Crippen LogP) is 3.48. The lowest BCUT2D eigenvalue weighted by Gasteiger charge is -2.08. The maximum absolute atomic E-state index is 10.2. The summed E-state index contributed by atoms with van der Waals surface area (Å²) in [5, 5.41) is 23.5. The van der Waals surface area contributed by atoms with Crippen molar-refractivity contribution in [2.24, 2.45) is 5.10 Å². The molecule has 2 rings (SSSR count). The predicted molar refractivity (Wildman–Crippen MR) is 91.2 cm³/mol. The molecule has 0 radical (unpaired) electrons. The van der Waals surface area contributed by atoms with E-state index in [9.17, 15) is 5.11 Å². The second-order valence-electron chi connectivity index (χ2n) is 4.80. The van der Waals surface area contributed by atoms with Crippen molar-refractivity contribution in [3.8, 4) is 11.5 Å². The van der Waals surface area contributed by atoms with Gasteiger partial charge in [-0.15, -0.1) is 10.2 Å². The summed E-state index contributed by atoms with van der Waals surface area (Å²) in [6.07, 6.45) is 3.48. The number of halogens is 1. The minimum Gasteiger partial charge on any atom is -0.504 e. The molecule has 0 aliphatic carbocycles. The minimum atomic E-state index is 0.0410. The van der Waals surface area contributed by atoms with Gasteiger partial charge in [-0.05, 0) is 18.4 Å². The average molecular weight is 385 g/mol. The van der Waals surface area contributed by atoms with Crippen molar-refractivity contribution in [3.05, 3.63) is 28.0 Å². The first-order valence-electron chi connectivity index (χ1n) is 6.58. The molecule has 1 N–H and O–H groups in total. The number of benzene rings is 1. The van der Waals surface area contributed by atoms with E-state index in [2.05, 4.69) is 31.2 Å². The summed E-state index contributed by atoms with van der Waals surface area (Å²) in [5.74, 6) is 1.38. The third-order valence-corrected chi connectivity index (χ3v) is 4.01. The van der Waals surface area contributed by atoms with E-state index < -0.39 is 0 Å². The summed E-state index contributed by atoms with van der Waals surface area (Å²) >= 11 is 4.85. The fraction of sp³-hybridized carbons (Fsp3) is 0.357. The van der Waals surface area contributed by atoms with Gasteiger partial charge in [0, 0.05) is 16.0 Å². The number of rotatable bonds is 5. The average Bonchev–Trinajstić information content (AvgIpc) is 2.90. The van der Waals surface area contributed by atoms with Crippen molar-refractivity contribution < 1.29 is 9.84 Å². The highest BCUT2D eigenvalue weighted by Crippen LogP contribution is 2.32. The first kappa shape index (κ1) is 16.8. The number of thioether (sulfide) groups is 1. The molecule has 1 aromatic heterocycles. The first-order chi connectivity index (χ1) is 10.5. The van der Waals surface area contributed by atoms with Crippen LogP contribution in [0.1, 0.15) is 31.2 Å². The topological polar surface area (TPSA) is 72.5 Å². The first-order valence-corrected chi connectivity index (χ1v) is 8.59. The number of methoxy groups -OCH3 is 1. The van der Waals surface area contributed by atoms with Crippen LogP contribution >= 0.6 is 27.7 Å². The van der Waals surface area contributed by atoms with Crippen LogP contribution in [0.25, 0.3) is 0 Å². The molecule has 1 aromatic carbocycles. The Labute approximate surface area is 141 Å². The SMILES string of the molecule is COc1cc(Br)cc(/C=N\n2c(SC)nnc2C(C)C)c1O. The Hall–Kier alpha value is -1.54. The number of aromatic hydroxyl groups is 1. The van der Waals surface area contributed by atoms with Gasteiger partial charge in [0.2, 0.25) is 5.16 Å². The quantitative estimate of drug-likeness (QED) is 0.630. The molecule has 0 amide bonds. The molecule has 0 spiro atoms. The van der Waals surface area contributed by atoms with Gasteiger partial charge in [0.25, 0.3) is 0 Å². The fourth-order valence-electron chi connectivity index (χ4n) is 1.84. The molecule has 22 heavy (non-hydrogen) atoms. The van der Waals surface area contributed by atoms with Gasteiger partial charge < -0.3 is 9.84 Å². The lowest BCUT2D eigenvalue weighted by molar-refractivity contribution is 0.373. The van der Waals surface area contributed by atoms with Crippen molar-refractivity contribution in [2.45, 2.75) is 24.9 Å². The zero-order valence-electron chi connectivity index (χ0n) is 12.7. The van der Waals surface area contributed by atoms with Crippen molar-refractivity contribution in [2.75, 3.05) is 13.4 Å². The third kappa shape index (κ3) is 3.44. The van der Waals surface area contributed by atoms with Crippen molar-refractivity contribution in [1.29, 1.82) is 0 Å². The molecule has 0 saturated carbocycles. The van der Waals surface area contributed by atoms with Crippen LogP contribution in [0.2, 0.25) is 0 Å². The van der Waals surface area contributed by atoms with Crippen molar-refractivity contribution >= 4 is 33.9 Å². The Balaban J connectivity index is 2.45. The van der Waals surface area contributed by atoms with Crippen LogP contribution in [0.3, 0.4) is 0 Å². The standard InChI is InChI=1S/C14H17BrN4O2S/c1-8(2)13-17-18-14(22-4)19(13)16-7-9-5-10(15)6-11(21-3)12(9)20/h5-8,20H,1-4H3/b16-7-.